The lowest BCUT2D eigenvalue weighted by molar-refractivity contribution is 0.107. The van der Waals surface area contributed by atoms with E-state index in [0.29, 0.717) is 12.4 Å². The summed E-state index contributed by atoms with van der Waals surface area (Å²) in [6, 6.07) is 9.39. The van der Waals surface area contributed by atoms with E-state index < -0.39 is 6.10 Å². The van der Waals surface area contributed by atoms with Gasteiger partial charge in [-0.2, -0.15) is 0 Å². The van der Waals surface area contributed by atoms with Crippen LogP contribution in [0, 0.1) is 0 Å². The molecular weight excluding hydrogens is 254 g/mol. The number of aliphatic hydroxyl groups excluding tert-OH is 1. The van der Waals surface area contributed by atoms with Crippen molar-refractivity contribution in [2.24, 2.45) is 4.99 Å². The molecule has 1 atom stereocenters. The Morgan fingerprint density at radius 2 is 1.90 bits per heavy atom. The maximum Gasteiger partial charge on any atom is 0.152 e. The molecule has 20 heavy (non-hydrogen) atoms. The van der Waals surface area contributed by atoms with Crippen molar-refractivity contribution in [3.8, 4) is 0 Å². The maximum absolute atomic E-state index is 10.0. The Kier molecular flexibility index (Phi) is 5.98. The molecule has 0 saturated carbocycles. The minimum atomic E-state index is -0.500. The highest BCUT2D eigenvalue weighted by Gasteiger charge is 2.14. The summed E-state index contributed by atoms with van der Waals surface area (Å²) in [6.45, 7) is 3.06. The van der Waals surface area contributed by atoms with Gasteiger partial charge in [-0.3, -0.25) is 15.7 Å². The SMILES string of the molecule is ONC(=NCC(O)CN1CCCCC1)c1ccccc1. The summed E-state index contributed by atoms with van der Waals surface area (Å²) in [6.07, 6.45) is 3.21. The number of β-amino-alcohol motifs (C(OH)–C–C–N with tert-alkyl or cyclic N) is 1. The third kappa shape index (κ3) is 4.59. The number of piperidine rings is 1. The molecule has 1 saturated heterocycles. The highest BCUT2D eigenvalue weighted by Crippen LogP contribution is 2.09. The lowest BCUT2D eigenvalue weighted by Crippen LogP contribution is -2.37. The molecule has 1 unspecified atom stereocenters. The van der Waals surface area contributed by atoms with Crippen molar-refractivity contribution in [2.45, 2.75) is 25.4 Å². The molecule has 1 aromatic carbocycles. The van der Waals surface area contributed by atoms with Crippen LogP contribution in [0.2, 0.25) is 0 Å². The predicted octanol–water partition coefficient (Wildman–Crippen LogP) is 1.26. The molecule has 0 aliphatic carbocycles. The van der Waals surface area contributed by atoms with Gasteiger partial charge in [0.1, 0.15) is 0 Å². The molecule has 0 bridgehead atoms. The van der Waals surface area contributed by atoms with Crippen LogP contribution in [0.5, 0.6) is 0 Å². The summed E-state index contributed by atoms with van der Waals surface area (Å²) in [4.78, 5) is 6.53. The maximum atomic E-state index is 10.0. The number of benzene rings is 1. The van der Waals surface area contributed by atoms with Crippen molar-refractivity contribution in [1.29, 1.82) is 0 Å². The normalized spacial score (nSPS) is 18.8. The van der Waals surface area contributed by atoms with Crippen LogP contribution in [0.25, 0.3) is 0 Å². The highest BCUT2D eigenvalue weighted by molar-refractivity contribution is 5.97. The van der Waals surface area contributed by atoms with E-state index in [1.54, 1.807) is 0 Å². The van der Waals surface area contributed by atoms with Crippen LogP contribution < -0.4 is 5.48 Å². The summed E-state index contributed by atoms with van der Waals surface area (Å²) in [7, 11) is 0. The minimum absolute atomic E-state index is 0.286. The second kappa shape index (κ2) is 7.99. The van der Waals surface area contributed by atoms with E-state index in [2.05, 4.69) is 15.4 Å². The number of rotatable bonds is 5. The number of amidine groups is 1. The molecule has 5 nitrogen and oxygen atoms in total. The van der Waals surface area contributed by atoms with Crippen molar-refractivity contribution in [2.75, 3.05) is 26.2 Å². The van der Waals surface area contributed by atoms with E-state index in [4.69, 9.17) is 5.21 Å². The van der Waals surface area contributed by atoms with E-state index >= 15 is 0 Å². The number of hydroxylamine groups is 1. The zero-order valence-electron chi connectivity index (χ0n) is 11.7. The van der Waals surface area contributed by atoms with Crippen LogP contribution in [0.1, 0.15) is 24.8 Å². The Labute approximate surface area is 119 Å². The van der Waals surface area contributed by atoms with Crippen molar-refractivity contribution < 1.29 is 10.3 Å². The van der Waals surface area contributed by atoms with E-state index in [1.165, 1.54) is 19.3 Å². The second-order valence-electron chi connectivity index (χ2n) is 5.18. The zero-order valence-corrected chi connectivity index (χ0v) is 11.7. The number of hydrogen-bond donors (Lipinski definition) is 3. The Morgan fingerprint density at radius 3 is 2.55 bits per heavy atom. The van der Waals surface area contributed by atoms with Gasteiger partial charge in [0, 0.05) is 12.1 Å². The van der Waals surface area contributed by atoms with Crippen LogP contribution in [0.3, 0.4) is 0 Å². The molecular formula is C15H23N3O2. The third-order valence-corrected chi connectivity index (χ3v) is 3.53. The summed E-state index contributed by atoms with van der Waals surface area (Å²) in [5.74, 6) is 0.392. The summed E-state index contributed by atoms with van der Waals surface area (Å²) in [5.41, 5.74) is 2.91. The molecule has 0 amide bonds. The Hall–Kier alpha value is -1.43. The number of nitrogens with zero attached hydrogens (tertiary/aromatic N) is 2. The van der Waals surface area contributed by atoms with E-state index in [-0.39, 0.29) is 6.54 Å². The molecule has 1 heterocycles. The van der Waals surface area contributed by atoms with Crippen molar-refractivity contribution >= 4 is 5.84 Å². The first kappa shape index (κ1) is 15.0. The number of aliphatic hydroxyl groups is 1. The first-order valence-electron chi connectivity index (χ1n) is 7.20. The molecule has 1 aromatic rings. The van der Waals surface area contributed by atoms with Gasteiger partial charge < -0.3 is 10.0 Å². The van der Waals surface area contributed by atoms with E-state index in [9.17, 15) is 5.11 Å². The quantitative estimate of drug-likeness (QED) is 0.430. The Morgan fingerprint density at radius 1 is 1.20 bits per heavy atom. The number of nitrogens with one attached hydrogen (secondary N) is 1. The average Bonchev–Trinajstić information content (AvgIpc) is 2.50. The fraction of sp³-hybridized carbons (Fsp3) is 0.533. The Bertz CT molecular complexity index is 416. The third-order valence-electron chi connectivity index (χ3n) is 3.53. The van der Waals surface area contributed by atoms with Gasteiger partial charge in [-0.1, -0.05) is 36.8 Å². The fourth-order valence-corrected chi connectivity index (χ4v) is 2.48. The van der Waals surface area contributed by atoms with Gasteiger partial charge in [0.25, 0.3) is 0 Å². The molecule has 5 heteroatoms. The molecule has 1 fully saturated rings. The van der Waals surface area contributed by atoms with Crippen LogP contribution >= 0.6 is 0 Å². The Balaban J connectivity index is 1.86. The minimum Gasteiger partial charge on any atom is -0.390 e. The number of hydrogen-bond acceptors (Lipinski definition) is 4. The fourth-order valence-electron chi connectivity index (χ4n) is 2.48. The van der Waals surface area contributed by atoms with Gasteiger partial charge in [0.05, 0.1) is 12.6 Å². The standard InChI is InChI=1S/C15H23N3O2/c19-14(12-18-9-5-2-6-10-18)11-16-15(17-20)13-7-3-1-4-8-13/h1,3-4,7-8,14,19-20H,2,5-6,9-12H2,(H,16,17). The molecule has 0 radical (unpaired) electrons. The lowest BCUT2D eigenvalue weighted by atomic mass is 10.1. The first-order chi connectivity index (χ1) is 9.79. The molecule has 110 valence electrons. The number of likely N-dealkylation sites (tertiary alicyclic amines) is 1. The van der Waals surface area contributed by atoms with Gasteiger partial charge in [-0.05, 0) is 25.9 Å². The van der Waals surface area contributed by atoms with E-state index in [0.717, 1.165) is 18.7 Å². The summed E-state index contributed by atoms with van der Waals surface area (Å²) >= 11 is 0. The molecule has 1 aliphatic heterocycles. The van der Waals surface area contributed by atoms with Gasteiger partial charge in [0.15, 0.2) is 5.84 Å². The highest BCUT2D eigenvalue weighted by atomic mass is 16.5. The summed E-state index contributed by atoms with van der Waals surface area (Å²) in [5, 5.41) is 19.2. The van der Waals surface area contributed by atoms with Crippen molar-refractivity contribution in [3.63, 3.8) is 0 Å². The monoisotopic (exact) mass is 277 g/mol. The van der Waals surface area contributed by atoms with E-state index in [1.807, 2.05) is 30.3 Å². The van der Waals surface area contributed by atoms with Gasteiger partial charge in [0.2, 0.25) is 0 Å². The van der Waals surface area contributed by atoms with Gasteiger partial charge in [-0.25, -0.2) is 0 Å². The predicted molar refractivity (Wildman–Crippen MR) is 79.1 cm³/mol. The van der Waals surface area contributed by atoms with Crippen LogP contribution in [-0.2, 0) is 0 Å². The van der Waals surface area contributed by atoms with Crippen LogP contribution in [-0.4, -0.2) is 53.3 Å². The van der Waals surface area contributed by atoms with Gasteiger partial charge >= 0.3 is 0 Å². The van der Waals surface area contributed by atoms with Crippen molar-refractivity contribution in [1.82, 2.24) is 10.4 Å². The number of aliphatic imine (C=N–C) groups is 1. The lowest BCUT2D eigenvalue weighted by Gasteiger charge is -2.28. The molecule has 2 rings (SSSR count). The van der Waals surface area contributed by atoms with Gasteiger partial charge in [-0.15, -0.1) is 0 Å². The smallest absolute Gasteiger partial charge is 0.152 e. The average molecular weight is 277 g/mol. The molecule has 3 N–H and O–H groups in total. The van der Waals surface area contributed by atoms with Crippen molar-refractivity contribution in [3.05, 3.63) is 35.9 Å². The molecule has 1 aliphatic rings. The topological polar surface area (TPSA) is 68.1 Å². The van der Waals surface area contributed by atoms with Crippen LogP contribution in [0.15, 0.2) is 35.3 Å². The first-order valence-corrected chi connectivity index (χ1v) is 7.20. The summed E-state index contributed by atoms with van der Waals surface area (Å²) < 4.78 is 0. The largest absolute Gasteiger partial charge is 0.390 e. The zero-order chi connectivity index (χ0) is 14.2. The second-order valence-corrected chi connectivity index (χ2v) is 5.18. The van der Waals surface area contributed by atoms with Crippen LogP contribution in [0.4, 0.5) is 0 Å². The molecule has 0 spiro atoms. The molecule has 0 aromatic heterocycles.